The summed E-state index contributed by atoms with van der Waals surface area (Å²) in [6, 6.07) is 5.75. The first-order chi connectivity index (χ1) is 7.58. The molecule has 0 radical (unpaired) electrons. The second kappa shape index (κ2) is 4.95. The van der Waals surface area contributed by atoms with Gasteiger partial charge in [-0.15, -0.1) is 0 Å². The molecule has 1 aromatic carbocycles. The average molecular weight is 258 g/mol. The number of halogens is 2. The normalized spacial score (nSPS) is 19.5. The molecule has 1 saturated carbocycles. The summed E-state index contributed by atoms with van der Waals surface area (Å²) in [5.41, 5.74) is 7.27. The van der Waals surface area contributed by atoms with Crippen molar-refractivity contribution in [1.82, 2.24) is 0 Å². The molecule has 0 bridgehead atoms. The summed E-state index contributed by atoms with van der Waals surface area (Å²) in [6.07, 6.45) is 3.48. The number of hydrogen-bond acceptors (Lipinski definition) is 1. The molecule has 88 valence electrons. The standard InChI is InChI=1S/C13H17Cl2N/c1-8(9-2-3-9)13(16)7-10-6-11(14)4-5-12(10)15/h4-6,8-9,13H,2-3,7,16H2,1H3. The minimum absolute atomic E-state index is 0.184. The summed E-state index contributed by atoms with van der Waals surface area (Å²) in [7, 11) is 0. The lowest BCUT2D eigenvalue weighted by atomic mass is 9.92. The van der Waals surface area contributed by atoms with E-state index in [4.69, 9.17) is 28.9 Å². The van der Waals surface area contributed by atoms with Crippen LogP contribution in [0.5, 0.6) is 0 Å². The van der Waals surface area contributed by atoms with Crippen molar-refractivity contribution in [2.75, 3.05) is 0 Å². The molecule has 0 aliphatic heterocycles. The molecule has 0 spiro atoms. The lowest BCUT2D eigenvalue weighted by Gasteiger charge is -2.20. The molecule has 0 amide bonds. The summed E-state index contributed by atoms with van der Waals surface area (Å²) in [4.78, 5) is 0. The van der Waals surface area contributed by atoms with Gasteiger partial charge in [-0.1, -0.05) is 30.1 Å². The van der Waals surface area contributed by atoms with Crippen LogP contribution in [0.15, 0.2) is 18.2 Å². The van der Waals surface area contributed by atoms with Crippen molar-refractivity contribution in [2.45, 2.75) is 32.2 Å². The minimum atomic E-state index is 0.184. The fraction of sp³-hybridized carbons (Fsp3) is 0.538. The summed E-state index contributed by atoms with van der Waals surface area (Å²) in [5.74, 6) is 1.41. The van der Waals surface area contributed by atoms with E-state index in [9.17, 15) is 0 Å². The van der Waals surface area contributed by atoms with Crippen LogP contribution in [0, 0.1) is 11.8 Å². The average Bonchev–Trinajstić information content (AvgIpc) is 3.06. The Kier molecular flexibility index (Phi) is 3.78. The van der Waals surface area contributed by atoms with Crippen LogP contribution in [0.25, 0.3) is 0 Å². The molecule has 0 aromatic heterocycles. The molecule has 1 aromatic rings. The summed E-state index contributed by atoms with van der Waals surface area (Å²) >= 11 is 12.1. The molecule has 2 unspecified atom stereocenters. The van der Waals surface area contributed by atoms with E-state index in [0.29, 0.717) is 5.92 Å². The van der Waals surface area contributed by atoms with Crippen molar-refractivity contribution in [3.8, 4) is 0 Å². The number of benzene rings is 1. The summed E-state index contributed by atoms with van der Waals surface area (Å²) in [6.45, 7) is 2.24. The Morgan fingerprint density at radius 1 is 1.38 bits per heavy atom. The Labute approximate surface area is 107 Å². The molecule has 1 nitrogen and oxygen atoms in total. The lowest BCUT2D eigenvalue weighted by Crippen LogP contribution is -2.31. The van der Waals surface area contributed by atoms with Crippen LogP contribution in [-0.2, 0) is 6.42 Å². The SMILES string of the molecule is CC(C(N)Cc1cc(Cl)ccc1Cl)C1CC1. The third-order valence-electron chi connectivity index (χ3n) is 3.50. The largest absolute Gasteiger partial charge is 0.327 e. The monoisotopic (exact) mass is 257 g/mol. The van der Waals surface area contributed by atoms with Crippen LogP contribution >= 0.6 is 23.2 Å². The van der Waals surface area contributed by atoms with Crippen LogP contribution in [0.1, 0.15) is 25.3 Å². The predicted octanol–water partition coefficient (Wildman–Crippen LogP) is 3.91. The van der Waals surface area contributed by atoms with E-state index < -0.39 is 0 Å². The molecule has 1 aliphatic rings. The molecule has 2 N–H and O–H groups in total. The molecule has 16 heavy (non-hydrogen) atoms. The van der Waals surface area contributed by atoms with Gasteiger partial charge in [0.1, 0.15) is 0 Å². The van der Waals surface area contributed by atoms with Gasteiger partial charge in [-0.05, 0) is 54.9 Å². The molecule has 0 saturated heterocycles. The van der Waals surface area contributed by atoms with E-state index in [1.807, 2.05) is 18.2 Å². The maximum absolute atomic E-state index is 6.21. The Hall–Kier alpha value is -0.240. The maximum Gasteiger partial charge on any atom is 0.0439 e. The van der Waals surface area contributed by atoms with E-state index in [1.54, 1.807) is 0 Å². The Morgan fingerprint density at radius 3 is 2.69 bits per heavy atom. The first-order valence-corrected chi connectivity index (χ1v) is 6.53. The summed E-state index contributed by atoms with van der Waals surface area (Å²) < 4.78 is 0. The summed E-state index contributed by atoms with van der Waals surface area (Å²) in [5, 5.41) is 1.49. The zero-order chi connectivity index (χ0) is 11.7. The van der Waals surface area contributed by atoms with Crippen LogP contribution in [0.2, 0.25) is 10.0 Å². The number of rotatable bonds is 4. The third-order valence-corrected chi connectivity index (χ3v) is 4.11. The second-order valence-corrected chi connectivity index (χ2v) is 5.64. The highest BCUT2D eigenvalue weighted by molar-refractivity contribution is 6.33. The first kappa shape index (κ1) is 12.2. The van der Waals surface area contributed by atoms with Crippen molar-refractivity contribution in [3.63, 3.8) is 0 Å². The van der Waals surface area contributed by atoms with Crippen molar-refractivity contribution in [2.24, 2.45) is 17.6 Å². The van der Waals surface area contributed by atoms with Gasteiger partial charge in [-0.3, -0.25) is 0 Å². The third kappa shape index (κ3) is 2.91. The van der Waals surface area contributed by atoms with Crippen molar-refractivity contribution >= 4 is 23.2 Å². The Bertz CT molecular complexity index is 374. The van der Waals surface area contributed by atoms with Gasteiger partial charge in [-0.25, -0.2) is 0 Å². The smallest absolute Gasteiger partial charge is 0.0439 e. The van der Waals surface area contributed by atoms with Gasteiger partial charge in [-0.2, -0.15) is 0 Å². The van der Waals surface area contributed by atoms with Gasteiger partial charge in [0.05, 0.1) is 0 Å². The van der Waals surface area contributed by atoms with E-state index >= 15 is 0 Å². The molecule has 2 atom stereocenters. The zero-order valence-corrected chi connectivity index (χ0v) is 10.9. The van der Waals surface area contributed by atoms with Crippen LogP contribution in [0.3, 0.4) is 0 Å². The van der Waals surface area contributed by atoms with E-state index in [0.717, 1.165) is 27.9 Å². The number of hydrogen-bond donors (Lipinski definition) is 1. The minimum Gasteiger partial charge on any atom is -0.327 e. The van der Waals surface area contributed by atoms with Crippen molar-refractivity contribution in [3.05, 3.63) is 33.8 Å². The molecule has 3 heteroatoms. The van der Waals surface area contributed by atoms with Crippen LogP contribution in [0.4, 0.5) is 0 Å². The lowest BCUT2D eigenvalue weighted by molar-refractivity contribution is 0.404. The molecular weight excluding hydrogens is 241 g/mol. The van der Waals surface area contributed by atoms with E-state index in [2.05, 4.69) is 6.92 Å². The second-order valence-electron chi connectivity index (χ2n) is 4.80. The van der Waals surface area contributed by atoms with Crippen LogP contribution in [-0.4, -0.2) is 6.04 Å². The Morgan fingerprint density at radius 2 is 2.06 bits per heavy atom. The van der Waals surface area contributed by atoms with Crippen molar-refractivity contribution < 1.29 is 0 Å². The fourth-order valence-corrected chi connectivity index (χ4v) is 2.50. The zero-order valence-electron chi connectivity index (χ0n) is 9.42. The molecule has 1 fully saturated rings. The van der Waals surface area contributed by atoms with Crippen molar-refractivity contribution in [1.29, 1.82) is 0 Å². The predicted molar refractivity (Wildman–Crippen MR) is 70.0 cm³/mol. The van der Waals surface area contributed by atoms with E-state index in [-0.39, 0.29) is 6.04 Å². The first-order valence-electron chi connectivity index (χ1n) is 5.77. The molecule has 2 rings (SSSR count). The van der Waals surface area contributed by atoms with Gasteiger partial charge >= 0.3 is 0 Å². The number of nitrogens with two attached hydrogens (primary N) is 1. The topological polar surface area (TPSA) is 26.0 Å². The van der Waals surface area contributed by atoms with Gasteiger partial charge in [0, 0.05) is 16.1 Å². The highest BCUT2D eigenvalue weighted by atomic mass is 35.5. The maximum atomic E-state index is 6.21. The fourth-order valence-electron chi connectivity index (χ4n) is 2.11. The van der Waals surface area contributed by atoms with E-state index in [1.165, 1.54) is 12.8 Å². The van der Waals surface area contributed by atoms with Gasteiger partial charge in [0.15, 0.2) is 0 Å². The quantitative estimate of drug-likeness (QED) is 0.870. The highest BCUT2D eigenvalue weighted by Crippen LogP contribution is 2.38. The van der Waals surface area contributed by atoms with Gasteiger partial charge in [0.25, 0.3) is 0 Å². The highest BCUT2D eigenvalue weighted by Gasteiger charge is 2.31. The Balaban J connectivity index is 2.04. The molecule has 0 heterocycles. The molecule has 1 aliphatic carbocycles. The van der Waals surface area contributed by atoms with Crippen LogP contribution < -0.4 is 5.73 Å². The van der Waals surface area contributed by atoms with Gasteiger partial charge < -0.3 is 5.73 Å². The van der Waals surface area contributed by atoms with Gasteiger partial charge in [0.2, 0.25) is 0 Å². The molecular formula is C13H17Cl2N.